The van der Waals surface area contributed by atoms with Crippen LogP contribution in [0.15, 0.2) is 63.8 Å². The first-order valence-corrected chi connectivity index (χ1v) is 9.35. The van der Waals surface area contributed by atoms with Crippen molar-refractivity contribution in [3.63, 3.8) is 0 Å². The highest BCUT2D eigenvalue weighted by molar-refractivity contribution is 7.21. The van der Waals surface area contributed by atoms with E-state index in [4.69, 9.17) is 9.15 Å². The smallest absolute Gasteiger partial charge is 0.345 e. The van der Waals surface area contributed by atoms with Gasteiger partial charge < -0.3 is 14.1 Å². The fourth-order valence-electron chi connectivity index (χ4n) is 3.08. The highest BCUT2D eigenvalue weighted by Crippen LogP contribution is 2.32. The Balaban J connectivity index is 1.80. The van der Waals surface area contributed by atoms with Crippen molar-refractivity contribution < 1.29 is 13.9 Å². The zero-order valence-corrected chi connectivity index (χ0v) is 15.7. The molecule has 0 fully saturated rings. The van der Waals surface area contributed by atoms with Crippen LogP contribution in [0.25, 0.3) is 21.1 Å². The highest BCUT2D eigenvalue weighted by atomic mass is 32.1. The first kappa shape index (κ1) is 17.3. The zero-order chi connectivity index (χ0) is 19.0. The summed E-state index contributed by atoms with van der Waals surface area (Å²) in [5.41, 5.74) is 0.877. The molecular weight excluding hydrogens is 362 g/mol. The van der Waals surface area contributed by atoms with E-state index >= 15 is 0 Å². The number of para-hydroxylation sites is 1. The summed E-state index contributed by atoms with van der Waals surface area (Å²) in [6.45, 7) is 2.42. The average molecular weight is 379 g/mol. The number of hydrogen-bond acceptors (Lipinski definition) is 5. The summed E-state index contributed by atoms with van der Waals surface area (Å²) in [6, 6.07) is 16.3. The largest absolute Gasteiger partial charge is 0.497 e. The van der Waals surface area contributed by atoms with Crippen molar-refractivity contribution in [2.75, 3.05) is 18.6 Å². The van der Waals surface area contributed by atoms with Gasteiger partial charge in [-0.25, -0.2) is 4.79 Å². The molecule has 0 atom stereocenters. The van der Waals surface area contributed by atoms with E-state index in [9.17, 15) is 9.59 Å². The lowest BCUT2D eigenvalue weighted by atomic mass is 10.2. The van der Waals surface area contributed by atoms with Gasteiger partial charge in [0.1, 0.15) is 11.3 Å². The Kier molecular flexibility index (Phi) is 4.41. The number of methoxy groups -OCH3 is 1. The molecule has 2 heterocycles. The second kappa shape index (κ2) is 6.89. The third-order valence-electron chi connectivity index (χ3n) is 4.44. The van der Waals surface area contributed by atoms with Crippen molar-refractivity contribution in [2.45, 2.75) is 6.92 Å². The third kappa shape index (κ3) is 2.98. The number of carbonyl (C=O) groups excluding carboxylic acids is 1. The van der Waals surface area contributed by atoms with E-state index in [1.165, 1.54) is 11.3 Å². The van der Waals surface area contributed by atoms with Gasteiger partial charge in [0.05, 0.1) is 22.1 Å². The number of fused-ring (bicyclic) bond motifs is 3. The fourth-order valence-corrected chi connectivity index (χ4v) is 4.21. The predicted octanol–water partition coefficient (Wildman–Crippen LogP) is 4.68. The Morgan fingerprint density at radius 3 is 2.56 bits per heavy atom. The van der Waals surface area contributed by atoms with Crippen molar-refractivity contribution >= 4 is 44.0 Å². The van der Waals surface area contributed by atoms with Crippen LogP contribution < -0.4 is 15.3 Å². The molecule has 2 aromatic carbocycles. The van der Waals surface area contributed by atoms with E-state index in [2.05, 4.69) is 0 Å². The Morgan fingerprint density at radius 2 is 1.85 bits per heavy atom. The molecule has 0 aliphatic carbocycles. The molecule has 0 unspecified atom stereocenters. The van der Waals surface area contributed by atoms with Gasteiger partial charge in [-0.3, -0.25) is 4.79 Å². The van der Waals surface area contributed by atoms with Crippen LogP contribution in [0.4, 0.5) is 5.69 Å². The maximum atomic E-state index is 13.1. The minimum atomic E-state index is -0.425. The molecule has 0 aliphatic heterocycles. The number of rotatable bonds is 4. The number of carbonyl (C=O) groups is 1. The number of nitrogens with zero attached hydrogens (tertiary/aromatic N) is 1. The number of ether oxygens (including phenoxy) is 1. The van der Waals surface area contributed by atoms with Gasteiger partial charge >= 0.3 is 5.63 Å². The number of benzene rings is 2. The molecule has 0 saturated carbocycles. The molecule has 0 spiro atoms. The summed E-state index contributed by atoms with van der Waals surface area (Å²) < 4.78 is 11.3. The summed E-state index contributed by atoms with van der Waals surface area (Å²) in [5.74, 6) is 0.584. The van der Waals surface area contributed by atoms with E-state index in [0.29, 0.717) is 22.4 Å². The molecule has 136 valence electrons. The number of thiophene rings is 1. The molecule has 0 aliphatic rings. The van der Waals surface area contributed by atoms with E-state index in [-0.39, 0.29) is 5.91 Å². The van der Waals surface area contributed by atoms with E-state index in [0.717, 1.165) is 21.5 Å². The SMILES string of the molecule is CCN(C(=O)c1cc2c(=O)oc3ccccc3c2s1)c1ccc(OC)cc1. The Hall–Kier alpha value is -3.12. The topological polar surface area (TPSA) is 59.8 Å². The summed E-state index contributed by atoms with van der Waals surface area (Å²) in [4.78, 5) is 27.6. The molecule has 0 bridgehead atoms. The molecule has 1 amide bonds. The maximum Gasteiger partial charge on any atom is 0.345 e. The number of hydrogen-bond donors (Lipinski definition) is 0. The summed E-state index contributed by atoms with van der Waals surface area (Å²) >= 11 is 1.32. The van der Waals surface area contributed by atoms with Crippen LogP contribution in [0.2, 0.25) is 0 Å². The minimum absolute atomic E-state index is 0.146. The van der Waals surface area contributed by atoms with Crippen molar-refractivity contribution in [1.29, 1.82) is 0 Å². The van der Waals surface area contributed by atoms with Crippen LogP contribution >= 0.6 is 11.3 Å². The van der Waals surface area contributed by atoms with Gasteiger partial charge in [0.15, 0.2) is 0 Å². The van der Waals surface area contributed by atoms with Gasteiger partial charge in [-0.15, -0.1) is 11.3 Å². The van der Waals surface area contributed by atoms with Crippen LogP contribution in [-0.4, -0.2) is 19.6 Å². The molecule has 5 nitrogen and oxygen atoms in total. The summed E-state index contributed by atoms with van der Waals surface area (Å²) in [7, 11) is 1.60. The summed E-state index contributed by atoms with van der Waals surface area (Å²) in [5, 5.41) is 1.27. The average Bonchev–Trinajstić information content (AvgIpc) is 3.15. The second-order valence-corrected chi connectivity index (χ2v) is 7.04. The molecule has 0 N–H and O–H groups in total. The molecule has 4 rings (SSSR count). The molecule has 0 saturated heterocycles. The van der Waals surface area contributed by atoms with Crippen LogP contribution in [0.1, 0.15) is 16.6 Å². The molecule has 0 radical (unpaired) electrons. The quantitative estimate of drug-likeness (QED) is 0.483. The molecular formula is C21H17NO4S. The Labute approximate surface area is 159 Å². The number of amides is 1. The van der Waals surface area contributed by atoms with Crippen molar-refractivity contribution in [2.24, 2.45) is 0 Å². The van der Waals surface area contributed by atoms with Crippen molar-refractivity contribution in [3.8, 4) is 5.75 Å². The van der Waals surface area contributed by atoms with Crippen LogP contribution in [-0.2, 0) is 0 Å². The van der Waals surface area contributed by atoms with Crippen LogP contribution in [0, 0.1) is 0 Å². The monoisotopic (exact) mass is 379 g/mol. The Morgan fingerprint density at radius 1 is 1.11 bits per heavy atom. The Bertz CT molecular complexity index is 1190. The van der Waals surface area contributed by atoms with Gasteiger partial charge in [-0.2, -0.15) is 0 Å². The fraction of sp³-hybridized carbons (Fsp3) is 0.143. The van der Waals surface area contributed by atoms with E-state index < -0.39 is 5.63 Å². The van der Waals surface area contributed by atoms with E-state index in [1.54, 1.807) is 24.1 Å². The lowest BCUT2D eigenvalue weighted by Gasteiger charge is -2.20. The minimum Gasteiger partial charge on any atom is -0.497 e. The van der Waals surface area contributed by atoms with Gasteiger partial charge in [0.25, 0.3) is 5.91 Å². The summed E-state index contributed by atoms with van der Waals surface area (Å²) in [6.07, 6.45) is 0. The van der Waals surface area contributed by atoms with Gasteiger partial charge in [-0.1, -0.05) is 12.1 Å². The second-order valence-electron chi connectivity index (χ2n) is 5.99. The van der Waals surface area contributed by atoms with Gasteiger partial charge in [0.2, 0.25) is 0 Å². The normalized spacial score (nSPS) is 11.0. The maximum absolute atomic E-state index is 13.1. The first-order valence-electron chi connectivity index (χ1n) is 8.53. The molecule has 27 heavy (non-hydrogen) atoms. The van der Waals surface area contributed by atoms with Crippen molar-refractivity contribution in [1.82, 2.24) is 0 Å². The molecule has 4 aromatic rings. The van der Waals surface area contributed by atoms with E-state index in [1.807, 2.05) is 49.4 Å². The standard InChI is InChI=1S/C21H17NO4S/c1-3-22(13-8-10-14(25-2)11-9-13)20(23)18-12-16-19(27-18)15-6-4-5-7-17(15)26-21(16)24/h4-12H,3H2,1-2H3. The highest BCUT2D eigenvalue weighted by Gasteiger charge is 2.21. The lowest BCUT2D eigenvalue weighted by Crippen LogP contribution is -2.29. The van der Waals surface area contributed by atoms with Gasteiger partial charge in [-0.05, 0) is 49.4 Å². The van der Waals surface area contributed by atoms with Crippen molar-refractivity contribution in [3.05, 3.63) is 69.9 Å². The third-order valence-corrected chi connectivity index (χ3v) is 5.60. The predicted molar refractivity (Wildman–Crippen MR) is 108 cm³/mol. The van der Waals surface area contributed by atoms with Crippen LogP contribution in [0.3, 0.4) is 0 Å². The molecule has 2 aromatic heterocycles. The lowest BCUT2D eigenvalue weighted by molar-refractivity contribution is 0.0992. The van der Waals surface area contributed by atoms with Crippen LogP contribution in [0.5, 0.6) is 5.75 Å². The molecule has 6 heteroatoms. The zero-order valence-electron chi connectivity index (χ0n) is 14.9. The van der Waals surface area contributed by atoms with Gasteiger partial charge in [0, 0.05) is 17.6 Å². The number of anilines is 1. The first-order chi connectivity index (χ1) is 13.1.